The average molecular weight is 199 g/mol. The summed E-state index contributed by atoms with van der Waals surface area (Å²) in [6.07, 6.45) is 2.95. The molecule has 0 aliphatic heterocycles. The standard InChI is InChI=1S/C9H17N3O2/c1-7(13)10-5-2-6-11-9(14)12-8-3-4-8/h8H,2-6H2,1H3,(H,10,13)(H2,11,12,14). The summed E-state index contributed by atoms with van der Waals surface area (Å²) in [5, 5.41) is 8.20. The van der Waals surface area contributed by atoms with Gasteiger partial charge in [-0.05, 0) is 19.3 Å². The normalized spacial score (nSPS) is 14.6. The maximum absolute atomic E-state index is 11.1. The van der Waals surface area contributed by atoms with E-state index in [0.29, 0.717) is 19.1 Å². The molecule has 0 atom stereocenters. The predicted molar refractivity (Wildman–Crippen MR) is 52.9 cm³/mol. The molecule has 0 unspecified atom stereocenters. The van der Waals surface area contributed by atoms with Gasteiger partial charge in [-0.3, -0.25) is 4.79 Å². The Balaban J connectivity index is 1.87. The van der Waals surface area contributed by atoms with Gasteiger partial charge in [0.1, 0.15) is 0 Å². The van der Waals surface area contributed by atoms with Crippen molar-refractivity contribution in [3.63, 3.8) is 0 Å². The number of hydrogen-bond acceptors (Lipinski definition) is 2. The van der Waals surface area contributed by atoms with Crippen molar-refractivity contribution in [3.05, 3.63) is 0 Å². The molecule has 1 rings (SSSR count). The first kappa shape index (κ1) is 10.8. The van der Waals surface area contributed by atoms with Crippen LogP contribution in [0.5, 0.6) is 0 Å². The number of urea groups is 1. The number of carbonyl (C=O) groups is 2. The van der Waals surface area contributed by atoms with Gasteiger partial charge in [0.05, 0.1) is 0 Å². The van der Waals surface area contributed by atoms with E-state index in [9.17, 15) is 9.59 Å². The van der Waals surface area contributed by atoms with Crippen molar-refractivity contribution in [2.24, 2.45) is 0 Å². The number of amides is 3. The molecule has 14 heavy (non-hydrogen) atoms. The summed E-state index contributed by atoms with van der Waals surface area (Å²) in [6, 6.07) is 0.292. The molecule has 5 heteroatoms. The zero-order valence-corrected chi connectivity index (χ0v) is 8.43. The predicted octanol–water partition coefficient (Wildman–Crippen LogP) is -0.0258. The quantitative estimate of drug-likeness (QED) is 0.544. The first-order valence-corrected chi connectivity index (χ1v) is 4.97. The Morgan fingerprint density at radius 2 is 1.86 bits per heavy atom. The monoisotopic (exact) mass is 199 g/mol. The van der Waals surface area contributed by atoms with Gasteiger partial charge in [0, 0.05) is 26.1 Å². The summed E-state index contributed by atoms with van der Waals surface area (Å²) in [4.78, 5) is 21.6. The highest BCUT2D eigenvalue weighted by Crippen LogP contribution is 2.17. The summed E-state index contributed by atoms with van der Waals surface area (Å²) in [6.45, 7) is 2.69. The largest absolute Gasteiger partial charge is 0.356 e. The Bertz CT molecular complexity index is 214. The van der Waals surface area contributed by atoms with E-state index in [0.717, 1.165) is 19.3 Å². The van der Waals surface area contributed by atoms with Crippen molar-refractivity contribution in [1.29, 1.82) is 0 Å². The third-order valence-electron chi connectivity index (χ3n) is 1.93. The third kappa shape index (κ3) is 5.40. The zero-order chi connectivity index (χ0) is 10.4. The fourth-order valence-electron chi connectivity index (χ4n) is 1.02. The second-order valence-electron chi connectivity index (χ2n) is 3.51. The van der Waals surface area contributed by atoms with Crippen LogP contribution in [0.4, 0.5) is 4.79 Å². The molecule has 0 aromatic heterocycles. The first-order chi connectivity index (χ1) is 6.68. The molecule has 0 heterocycles. The Hall–Kier alpha value is -1.26. The van der Waals surface area contributed by atoms with E-state index in [1.54, 1.807) is 0 Å². The third-order valence-corrected chi connectivity index (χ3v) is 1.93. The van der Waals surface area contributed by atoms with Crippen LogP contribution in [-0.4, -0.2) is 31.1 Å². The lowest BCUT2D eigenvalue weighted by molar-refractivity contribution is -0.118. The summed E-state index contributed by atoms with van der Waals surface area (Å²) in [5.41, 5.74) is 0. The Morgan fingerprint density at radius 1 is 1.21 bits per heavy atom. The van der Waals surface area contributed by atoms with Gasteiger partial charge in [0.15, 0.2) is 0 Å². The Kier molecular flexibility index (Phi) is 4.22. The summed E-state index contributed by atoms with van der Waals surface area (Å²) in [7, 11) is 0. The SMILES string of the molecule is CC(=O)NCCCNC(=O)NC1CC1. The first-order valence-electron chi connectivity index (χ1n) is 4.97. The highest BCUT2D eigenvalue weighted by atomic mass is 16.2. The summed E-state index contributed by atoms with van der Waals surface area (Å²) >= 11 is 0. The molecule has 0 radical (unpaired) electrons. The van der Waals surface area contributed by atoms with Gasteiger partial charge in [0.25, 0.3) is 0 Å². The van der Waals surface area contributed by atoms with E-state index >= 15 is 0 Å². The molecule has 3 amide bonds. The van der Waals surface area contributed by atoms with Crippen LogP contribution in [0.1, 0.15) is 26.2 Å². The lowest BCUT2D eigenvalue weighted by atomic mass is 10.4. The van der Waals surface area contributed by atoms with E-state index in [1.807, 2.05) is 0 Å². The molecule has 1 saturated carbocycles. The molecule has 0 bridgehead atoms. The second kappa shape index (κ2) is 5.47. The van der Waals surface area contributed by atoms with Gasteiger partial charge < -0.3 is 16.0 Å². The van der Waals surface area contributed by atoms with Crippen molar-refractivity contribution in [1.82, 2.24) is 16.0 Å². The molecule has 0 saturated heterocycles. The fourth-order valence-corrected chi connectivity index (χ4v) is 1.02. The van der Waals surface area contributed by atoms with Crippen LogP contribution in [0, 0.1) is 0 Å². The van der Waals surface area contributed by atoms with Gasteiger partial charge in [0.2, 0.25) is 5.91 Å². The molecule has 0 aromatic rings. The van der Waals surface area contributed by atoms with E-state index in [4.69, 9.17) is 0 Å². The van der Waals surface area contributed by atoms with Crippen LogP contribution in [-0.2, 0) is 4.79 Å². The van der Waals surface area contributed by atoms with E-state index in [-0.39, 0.29) is 11.9 Å². The molecule has 5 nitrogen and oxygen atoms in total. The molecule has 0 spiro atoms. The van der Waals surface area contributed by atoms with E-state index in [1.165, 1.54) is 6.92 Å². The van der Waals surface area contributed by atoms with Gasteiger partial charge in [-0.2, -0.15) is 0 Å². The number of rotatable bonds is 5. The van der Waals surface area contributed by atoms with Crippen molar-refractivity contribution in [2.75, 3.05) is 13.1 Å². The van der Waals surface area contributed by atoms with E-state index < -0.39 is 0 Å². The van der Waals surface area contributed by atoms with E-state index in [2.05, 4.69) is 16.0 Å². The lowest BCUT2D eigenvalue weighted by Crippen LogP contribution is -2.38. The fraction of sp³-hybridized carbons (Fsp3) is 0.778. The van der Waals surface area contributed by atoms with Gasteiger partial charge in [-0.1, -0.05) is 0 Å². The number of hydrogen-bond donors (Lipinski definition) is 3. The van der Waals surface area contributed by atoms with Crippen molar-refractivity contribution in [2.45, 2.75) is 32.2 Å². The van der Waals surface area contributed by atoms with Crippen molar-refractivity contribution in [3.8, 4) is 0 Å². The molecule has 1 aliphatic carbocycles. The Labute approximate surface area is 83.6 Å². The van der Waals surface area contributed by atoms with Gasteiger partial charge >= 0.3 is 6.03 Å². The van der Waals surface area contributed by atoms with Crippen LogP contribution in [0.2, 0.25) is 0 Å². The summed E-state index contributed by atoms with van der Waals surface area (Å²) < 4.78 is 0. The summed E-state index contributed by atoms with van der Waals surface area (Å²) in [5.74, 6) is -0.0348. The minimum Gasteiger partial charge on any atom is -0.356 e. The molecule has 0 aromatic carbocycles. The molecule has 1 fully saturated rings. The van der Waals surface area contributed by atoms with Crippen LogP contribution < -0.4 is 16.0 Å². The van der Waals surface area contributed by atoms with Crippen LogP contribution in [0.15, 0.2) is 0 Å². The van der Waals surface area contributed by atoms with Crippen molar-refractivity contribution >= 4 is 11.9 Å². The van der Waals surface area contributed by atoms with Gasteiger partial charge in [-0.25, -0.2) is 4.79 Å². The zero-order valence-electron chi connectivity index (χ0n) is 8.43. The average Bonchev–Trinajstić information content (AvgIpc) is 2.87. The maximum Gasteiger partial charge on any atom is 0.315 e. The van der Waals surface area contributed by atoms with Crippen LogP contribution in [0.25, 0.3) is 0 Å². The minimum atomic E-state index is -0.102. The molecular formula is C9H17N3O2. The van der Waals surface area contributed by atoms with Crippen LogP contribution >= 0.6 is 0 Å². The topological polar surface area (TPSA) is 70.2 Å². The molecular weight excluding hydrogens is 182 g/mol. The molecule has 3 N–H and O–H groups in total. The molecule has 80 valence electrons. The van der Waals surface area contributed by atoms with Crippen LogP contribution in [0.3, 0.4) is 0 Å². The second-order valence-corrected chi connectivity index (χ2v) is 3.51. The highest BCUT2D eigenvalue weighted by Gasteiger charge is 2.22. The highest BCUT2D eigenvalue weighted by molar-refractivity contribution is 5.74. The number of carbonyl (C=O) groups excluding carboxylic acids is 2. The number of nitrogens with one attached hydrogen (secondary N) is 3. The maximum atomic E-state index is 11.1. The minimum absolute atomic E-state index is 0.0348. The van der Waals surface area contributed by atoms with Crippen molar-refractivity contribution < 1.29 is 9.59 Å². The van der Waals surface area contributed by atoms with Gasteiger partial charge in [-0.15, -0.1) is 0 Å². The lowest BCUT2D eigenvalue weighted by Gasteiger charge is -2.06. The Morgan fingerprint density at radius 3 is 2.43 bits per heavy atom. The smallest absolute Gasteiger partial charge is 0.315 e. The molecule has 1 aliphatic rings.